The Labute approximate surface area is 89.7 Å². The molecule has 0 atom stereocenters. The molecule has 1 aromatic rings. The number of piperidine rings is 1. The molecule has 4 nitrogen and oxygen atoms in total. The van der Waals surface area contributed by atoms with Crippen molar-refractivity contribution in [1.82, 2.24) is 4.98 Å². The first-order valence-electron chi connectivity index (χ1n) is 5.34. The first kappa shape index (κ1) is 10.5. The van der Waals surface area contributed by atoms with Crippen molar-refractivity contribution in [2.75, 3.05) is 18.0 Å². The molecule has 0 unspecified atom stereocenters. The standard InChI is InChI=1S/C10H15BN2O2/c14-11(15)9-4-5-12-10(8-9)13-6-2-1-3-7-13/h4-5,8,14-15H,1-3,6-7H2. The molecule has 0 amide bonds. The molecular weight excluding hydrogens is 191 g/mol. The fourth-order valence-corrected chi connectivity index (χ4v) is 1.89. The van der Waals surface area contributed by atoms with E-state index < -0.39 is 7.12 Å². The fraction of sp³-hybridized carbons (Fsp3) is 0.500. The Morgan fingerprint density at radius 1 is 1.20 bits per heavy atom. The molecule has 80 valence electrons. The number of pyridine rings is 1. The summed E-state index contributed by atoms with van der Waals surface area (Å²) in [7, 11) is -1.41. The molecule has 1 aromatic heterocycles. The Morgan fingerprint density at radius 3 is 2.60 bits per heavy atom. The van der Waals surface area contributed by atoms with E-state index in [1.165, 1.54) is 19.3 Å². The van der Waals surface area contributed by atoms with Crippen molar-refractivity contribution < 1.29 is 10.0 Å². The van der Waals surface area contributed by atoms with Gasteiger partial charge in [0, 0.05) is 19.3 Å². The van der Waals surface area contributed by atoms with Gasteiger partial charge in [0.2, 0.25) is 0 Å². The molecule has 1 fully saturated rings. The predicted octanol–water partition coefficient (Wildman–Crippen LogP) is -0.248. The Bertz CT molecular complexity index is 327. The van der Waals surface area contributed by atoms with Gasteiger partial charge < -0.3 is 14.9 Å². The monoisotopic (exact) mass is 206 g/mol. The van der Waals surface area contributed by atoms with Gasteiger partial charge in [0.05, 0.1) is 0 Å². The van der Waals surface area contributed by atoms with E-state index in [0.29, 0.717) is 5.46 Å². The van der Waals surface area contributed by atoms with Gasteiger partial charge in [-0.25, -0.2) is 4.98 Å². The molecule has 1 aliphatic rings. The maximum atomic E-state index is 9.06. The zero-order valence-electron chi connectivity index (χ0n) is 8.63. The Morgan fingerprint density at radius 2 is 1.93 bits per heavy atom. The van der Waals surface area contributed by atoms with E-state index in [0.717, 1.165) is 18.9 Å². The number of rotatable bonds is 2. The number of hydrogen-bond donors (Lipinski definition) is 2. The molecule has 0 aliphatic carbocycles. The highest BCUT2D eigenvalue weighted by Crippen LogP contribution is 2.15. The van der Waals surface area contributed by atoms with Gasteiger partial charge in [-0.2, -0.15) is 0 Å². The van der Waals surface area contributed by atoms with E-state index in [4.69, 9.17) is 10.0 Å². The maximum Gasteiger partial charge on any atom is 0.488 e. The molecule has 2 N–H and O–H groups in total. The summed E-state index contributed by atoms with van der Waals surface area (Å²) < 4.78 is 0. The minimum absolute atomic E-state index is 0.505. The average molecular weight is 206 g/mol. The molecule has 1 aliphatic heterocycles. The summed E-state index contributed by atoms with van der Waals surface area (Å²) in [6, 6.07) is 3.37. The zero-order chi connectivity index (χ0) is 10.7. The highest BCUT2D eigenvalue weighted by Gasteiger charge is 2.15. The van der Waals surface area contributed by atoms with Gasteiger partial charge in [-0.15, -0.1) is 0 Å². The van der Waals surface area contributed by atoms with Gasteiger partial charge in [-0.05, 0) is 36.9 Å². The minimum Gasteiger partial charge on any atom is -0.423 e. The van der Waals surface area contributed by atoms with Crippen molar-refractivity contribution >= 4 is 18.4 Å². The van der Waals surface area contributed by atoms with Crippen LogP contribution in [-0.4, -0.2) is 35.2 Å². The zero-order valence-corrected chi connectivity index (χ0v) is 8.63. The first-order chi connectivity index (χ1) is 7.27. The second-order valence-corrected chi connectivity index (χ2v) is 3.87. The van der Waals surface area contributed by atoms with Crippen LogP contribution >= 0.6 is 0 Å². The largest absolute Gasteiger partial charge is 0.488 e. The predicted molar refractivity (Wildman–Crippen MR) is 60.1 cm³/mol. The molecular formula is C10H15BN2O2. The van der Waals surface area contributed by atoms with Crippen LogP contribution in [0.15, 0.2) is 18.3 Å². The lowest BCUT2D eigenvalue weighted by atomic mass is 9.81. The van der Waals surface area contributed by atoms with E-state index in [-0.39, 0.29) is 0 Å². The van der Waals surface area contributed by atoms with Crippen LogP contribution in [0.1, 0.15) is 19.3 Å². The van der Waals surface area contributed by atoms with Gasteiger partial charge in [-0.1, -0.05) is 0 Å². The highest BCUT2D eigenvalue weighted by molar-refractivity contribution is 6.58. The van der Waals surface area contributed by atoms with Crippen molar-refractivity contribution in [1.29, 1.82) is 0 Å². The van der Waals surface area contributed by atoms with Crippen LogP contribution in [0, 0.1) is 0 Å². The Balaban J connectivity index is 2.16. The van der Waals surface area contributed by atoms with Crippen LogP contribution in [0.2, 0.25) is 0 Å². The van der Waals surface area contributed by atoms with Crippen LogP contribution in [-0.2, 0) is 0 Å². The summed E-state index contributed by atoms with van der Waals surface area (Å²) in [6.07, 6.45) is 5.28. The molecule has 0 bridgehead atoms. The molecule has 2 rings (SSSR count). The van der Waals surface area contributed by atoms with Crippen molar-refractivity contribution in [2.45, 2.75) is 19.3 Å². The lowest BCUT2D eigenvalue weighted by Crippen LogP contribution is -2.34. The lowest BCUT2D eigenvalue weighted by Gasteiger charge is -2.27. The van der Waals surface area contributed by atoms with Crippen LogP contribution < -0.4 is 10.4 Å². The Hall–Kier alpha value is -1.07. The number of hydrogen-bond acceptors (Lipinski definition) is 4. The van der Waals surface area contributed by atoms with Crippen molar-refractivity contribution in [3.05, 3.63) is 18.3 Å². The third-order valence-electron chi connectivity index (χ3n) is 2.75. The average Bonchev–Trinajstić information content (AvgIpc) is 2.30. The molecule has 0 spiro atoms. The van der Waals surface area contributed by atoms with Gasteiger partial charge in [0.1, 0.15) is 5.82 Å². The summed E-state index contributed by atoms with van der Waals surface area (Å²) in [6.45, 7) is 2.02. The molecule has 0 radical (unpaired) electrons. The molecule has 1 saturated heterocycles. The molecule has 0 aromatic carbocycles. The number of aromatic nitrogens is 1. The van der Waals surface area contributed by atoms with E-state index in [9.17, 15) is 0 Å². The molecule has 2 heterocycles. The highest BCUT2D eigenvalue weighted by atomic mass is 16.4. The normalized spacial score (nSPS) is 16.5. The maximum absolute atomic E-state index is 9.06. The summed E-state index contributed by atoms with van der Waals surface area (Å²) in [4.78, 5) is 6.44. The second-order valence-electron chi connectivity index (χ2n) is 3.87. The summed E-state index contributed by atoms with van der Waals surface area (Å²) >= 11 is 0. The van der Waals surface area contributed by atoms with Gasteiger partial charge in [0.25, 0.3) is 0 Å². The van der Waals surface area contributed by atoms with E-state index in [2.05, 4.69) is 9.88 Å². The SMILES string of the molecule is OB(O)c1ccnc(N2CCCCC2)c1. The third kappa shape index (κ3) is 2.49. The van der Waals surface area contributed by atoms with E-state index in [1.807, 2.05) is 0 Å². The summed E-state index contributed by atoms with van der Waals surface area (Å²) in [5.41, 5.74) is 0.505. The van der Waals surface area contributed by atoms with Gasteiger partial charge >= 0.3 is 7.12 Å². The Kier molecular flexibility index (Phi) is 3.23. The van der Waals surface area contributed by atoms with Crippen LogP contribution in [0.4, 0.5) is 5.82 Å². The van der Waals surface area contributed by atoms with Crippen LogP contribution in [0.25, 0.3) is 0 Å². The van der Waals surface area contributed by atoms with Crippen LogP contribution in [0.5, 0.6) is 0 Å². The molecule has 5 heteroatoms. The van der Waals surface area contributed by atoms with E-state index >= 15 is 0 Å². The first-order valence-corrected chi connectivity index (χ1v) is 5.34. The van der Waals surface area contributed by atoms with Crippen molar-refractivity contribution in [3.8, 4) is 0 Å². The minimum atomic E-state index is -1.41. The number of anilines is 1. The van der Waals surface area contributed by atoms with Crippen molar-refractivity contribution in [3.63, 3.8) is 0 Å². The lowest BCUT2D eigenvalue weighted by molar-refractivity contribution is 0.425. The second kappa shape index (κ2) is 4.64. The molecule has 15 heavy (non-hydrogen) atoms. The quantitative estimate of drug-likeness (QED) is 0.655. The van der Waals surface area contributed by atoms with E-state index in [1.54, 1.807) is 18.3 Å². The summed E-state index contributed by atoms with van der Waals surface area (Å²) in [5.74, 6) is 0.848. The van der Waals surface area contributed by atoms with Crippen molar-refractivity contribution in [2.24, 2.45) is 0 Å². The third-order valence-corrected chi connectivity index (χ3v) is 2.75. The van der Waals surface area contributed by atoms with Gasteiger partial charge in [0.15, 0.2) is 0 Å². The molecule has 0 saturated carbocycles. The smallest absolute Gasteiger partial charge is 0.423 e. The fourth-order valence-electron chi connectivity index (χ4n) is 1.89. The number of nitrogens with zero attached hydrogens (tertiary/aromatic N) is 2. The summed E-state index contributed by atoms with van der Waals surface area (Å²) in [5, 5.41) is 18.1. The topological polar surface area (TPSA) is 56.6 Å². The van der Waals surface area contributed by atoms with Gasteiger partial charge in [-0.3, -0.25) is 0 Å². The van der Waals surface area contributed by atoms with Crippen LogP contribution in [0.3, 0.4) is 0 Å².